The molecule has 0 bridgehead atoms. The number of carbonyl (C=O) groups is 2. The summed E-state index contributed by atoms with van der Waals surface area (Å²) in [6.45, 7) is 5.72. The first kappa shape index (κ1) is 16.4. The first-order valence-corrected chi connectivity index (χ1v) is 8.67. The van der Waals surface area contributed by atoms with E-state index in [1.165, 1.54) is 11.3 Å². The minimum Gasteiger partial charge on any atom is -0.359 e. The van der Waals surface area contributed by atoms with Crippen LogP contribution in [-0.4, -0.2) is 58.1 Å². The molecule has 8 nitrogen and oxygen atoms in total. The molecule has 3 amide bonds. The van der Waals surface area contributed by atoms with Crippen LogP contribution in [0.2, 0.25) is 0 Å². The lowest BCUT2D eigenvalue weighted by atomic mass is 10.3. The summed E-state index contributed by atoms with van der Waals surface area (Å²) in [5.74, 6) is 0.500. The summed E-state index contributed by atoms with van der Waals surface area (Å²) >= 11 is 1.40. The summed E-state index contributed by atoms with van der Waals surface area (Å²) in [6.07, 6.45) is 0.727. The fraction of sp³-hybridized carbons (Fsp3) is 0.467. The summed E-state index contributed by atoms with van der Waals surface area (Å²) in [5.41, 5.74) is 3.37. The first-order chi connectivity index (χ1) is 11.6. The second-order valence-corrected chi connectivity index (χ2v) is 6.35. The molecule has 2 aromatic heterocycles. The molecule has 3 rings (SSSR count). The fourth-order valence-electron chi connectivity index (χ4n) is 2.65. The second-order valence-electron chi connectivity index (χ2n) is 5.64. The summed E-state index contributed by atoms with van der Waals surface area (Å²) < 4.78 is 5.06. The van der Waals surface area contributed by atoms with Crippen molar-refractivity contribution in [3.8, 4) is 0 Å². The van der Waals surface area contributed by atoms with Crippen molar-refractivity contribution in [1.29, 1.82) is 0 Å². The van der Waals surface area contributed by atoms with E-state index in [0.717, 1.165) is 6.42 Å². The molecule has 0 unspecified atom stereocenters. The van der Waals surface area contributed by atoms with Gasteiger partial charge in [0.1, 0.15) is 17.1 Å². The molecule has 0 spiro atoms. The van der Waals surface area contributed by atoms with Gasteiger partial charge in [0.25, 0.3) is 5.91 Å². The molecule has 1 aliphatic rings. The molecular weight excluding hydrogens is 330 g/mol. The number of carbonyl (C=O) groups excluding carboxylic acids is 2. The zero-order valence-corrected chi connectivity index (χ0v) is 14.4. The van der Waals surface area contributed by atoms with Crippen LogP contribution >= 0.6 is 11.3 Å². The number of rotatable bonds is 2. The van der Waals surface area contributed by atoms with Gasteiger partial charge in [0, 0.05) is 31.6 Å². The number of aryl methyl sites for hydroxylation is 2. The monoisotopic (exact) mass is 349 g/mol. The van der Waals surface area contributed by atoms with Crippen molar-refractivity contribution in [1.82, 2.24) is 19.9 Å². The number of urea groups is 1. The highest BCUT2D eigenvalue weighted by atomic mass is 32.1. The Bertz CT molecular complexity index is 708. The smallest absolute Gasteiger partial charge is 0.322 e. The lowest BCUT2D eigenvalue weighted by Gasteiger charge is -2.22. The third-order valence-electron chi connectivity index (χ3n) is 3.99. The zero-order chi connectivity index (χ0) is 17.1. The van der Waals surface area contributed by atoms with Gasteiger partial charge < -0.3 is 19.6 Å². The topological polar surface area (TPSA) is 91.6 Å². The highest BCUT2D eigenvalue weighted by Gasteiger charge is 2.24. The number of nitrogens with zero attached hydrogens (tertiary/aromatic N) is 4. The fourth-order valence-corrected chi connectivity index (χ4v) is 3.18. The molecule has 24 heavy (non-hydrogen) atoms. The van der Waals surface area contributed by atoms with Crippen molar-refractivity contribution in [2.24, 2.45) is 0 Å². The van der Waals surface area contributed by atoms with Gasteiger partial charge in [0.2, 0.25) is 0 Å². The van der Waals surface area contributed by atoms with Gasteiger partial charge in [-0.3, -0.25) is 4.79 Å². The van der Waals surface area contributed by atoms with Crippen LogP contribution in [0.4, 0.5) is 10.5 Å². The summed E-state index contributed by atoms with van der Waals surface area (Å²) in [7, 11) is 0. The van der Waals surface area contributed by atoms with Crippen LogP contribution in [0.25, 0.3) is 0 Å². The number of thiazole rings is 1. The number of amides is 3. The van der Waals surface area contributed by atoms with Gasteiger partial charge in [-0.25, -0.2) is 9.78 Å². The maximum atomic E-state index is 12.5. The Morgan fingerprint density at radius 2 is 1.96 bits per heavy atom. The molecule has 1 saturated heterocycles. The number of nitrogens with one attached hydrogen (secondary N) is 1. The maximum Gasteiger partial charge on any atom is 0.322 e. The van der Waals surface area contributed by atoms with E-state index in [1.54, 1.807) is 34.5 Å². The van der Waals surface area contributed by atoms with Crippen LogP contribution < -0.4 is 5.32 Å². The average Bonchev–Trinajstić information content (AvgIpc) is 3.13. The van der Waals surface area contributed by atoms with Crippen LogP contribution in [0.1, 0.15) is 28.4 Å². The van der Waals surface area contributed by atoms with E-state index in [4.69, 9.17) is 4.52 Å². The van der Waals surface area contributed by atoms with Crippen LogP contribution in [0.15, 0.2) is 15.4 Å². The van der Waals surface area contributed by atoms with E-state index in [0.29, 0.717) is 49.0 Å². The molecule has 128 valence electrons. The Morgan fingerprint density at radius 1 is 1.21 bits per heavy atom. The van der Waals surface area contributed by atoms with Crippen molar-refractivity contribution in [3.05, 3.63) is 28.0 Å². The Kier molecular flexibility index (Phi) is 4.79. The molecule has 3 heterocycles. The molecule has 0 saturated carbocycles. The van der Waals surface area contributed by atoms with E-state index >= 15 is 0 Å². The summed E-state index contributed by atoms with van der Waals surface area (Å²) in [6, 6.07) is -0.202. The van der Waals surface area contributed by atoms with E-state index < -0.39 is 0 Å². The molecular formula is C15H19N5O3S. The predicted octanol–water partition coefficient (Wildman–Crippen LogP) is 2.13. The highest BCUT2D eigenvalue weighted by molar-refractivity contribution is 7.07. The SMILES string of the molecule is Cc1noc(C)c1NC(=O)N1CCCN(C(=O)c2cscn2)CC1. The largest absolute Gasteiger partial charge is 0.359 e. The second kappa shape index (κ2) is 7.00. The van der Waals surface area contributed by atoms with Crippen LogP contribution in [0.3, 0.4) is 0 Å². The van der Waals surface area contributed by atoms with E-state index in [-0.39, 0.29) is 11.9 Å². The van der Waals surface area contributed by atoms with Crippen molar-refractivity contribution in [2.45, 2.75) is 20.3 Å². The highest BCUT2D eigenvalue weighted by Crippen LogP contribution is 2.19. The minimum absolute atomic E-state index is 0.0794. The van der Waals surface area contributed by atoms with Crippen molar-refractivity contribution >= 4 is 29.0 Å². The summed E-state index contributed by atoms with van der Waals surface area (Å²) in [5, 5.41) is 8.42. The lowest BCUT2D eigenvalue weighted by molar-refractivity contribution is 0.0757. The molecule has 2 aromatic rings. The Labute approximate surface area is 143 Å². The number of hydrogen-bond donors (Lipinski definition) is 1. The van der Waals surface area contributed by atoms with Crippen LogP contribution in [0.5, 0.6) is 0 Å². The number of anilines is 1. The maximum absolute atomic E-state index is 12.5. The van der Waals surface area contributed by atoms with Gasteiger partial charge in [0.05, 0.1) is 5.51 Å². The normalized spacial score (nSPS) is 15.2. The molecule has 1 aliphatic heterocycles. The quantitative estimate of drug-likeness (QED) is 0.897. The van der Waals surface area contributed by atoms with E-state index in [2.05, 4.69) is 15.5 Å². The molecule has 0 radical (unpaired) electrons. The number of aromatic nitrogens is 2. The zero-order valence-electron chi connectivity index (χ0n) is 13.6. The standard InChI is InChI=1S/C15H19N5O3S/c1-10-13(11(2)23-18-10)17-15(22)20-5-3-4-19(6-7-20)14(21)12-8-24-9-16-12/h8-9H,3-7H2,1-2H3,(H,17,22). The Balaban J connectivity index is 1.61. The van der Waals surface area contributed by atoms with Crippen LogP contribution in [0, 0.1) is 13.8 Å². The average molecular weight is 349 g/mol. The predicted molar refractivity (Wildman–Crippen MR) is 89.2 cm³/mol. The molecule has 1 N–H and O–H groups in total. The molecule has 1 fully saturated rings. The molecule has 0 aromatic carbocycles. The molecule has 0 aliphatic carbocycles. The van der Waals surface area contributed by atoms with E-state index in [1.807, 2.05) is 0 Å². The van der Waals surface area contributed by atoms with Gasteiger partial charge in [0.15, 0.2) is 5.76 Å². The van der Waals surface area contributed by atoms with Gasteiger partial charge in [-0.15, -0.1) is 11.3 Å². The first-order valence-electron chi connectivity index (χ1n) is 7.72. The van der Waals surface area contributed by atoms with Crippen molar-refractivity contribution < 1.29 is 14.1 Å². The lowest BCUT2D eigenvalue weighted by Crippen LogP contribution is -2.39. The molecule has 9 heteroatoms. The summed E-state index contributed by atoms with van der Waals surface area (Å²) in [4.78, 5) is 32.3. The van der Waals surface area contributed by atoms with Crippen LogP contribution in [-0.2, 0) is 0 Å². The van der Waals surface area contributed by atoms with Gasteiger partial charge in [-0.2, -0.15) is 0 Å². The number of hydrogen-bond acceptors (Lipinski definition) is 6. The third kappa shape index (κ3) is 3.40. The Morgan fingerprint density at radius 3 is 2.62 bits per heavy atom. The molecule has 0 atom stereocenters. The van der Waals surface area contributed by atoms with E-state index in [9.17, 15) is 9.59 Å². The Hall–Kier alpha value is -2.42. The van der Waals surface area contributed by atoms with Crippen molar-refractivity contribution in [2.75, 3.05) is 31.5 Å². The third-order valence-corrected chi connectivity index (χ3v) is 4.57. The van der Waals surface area contributed by atoms with Crippen molar-refractivity contribution in [3.63, 3.8) is 0 Å². The minimum atomic E-state index is -0.202. The van der Waals surface area contributed by atoms with Gasteiger partial charge >= 0.3 is 6.03 Å². The van der Waals surface area contributed by atoms with Gasteiger partial charge in [-0.1, -0.05) is 5.16 Å². The van der Waals surface area contributed by atoms with Gasteiger partial charge in [-0.05, 0) is 20.3 Å².